The van der Waals surface area contributed by atoms with Crippen molar-refractivity contribution in [2.24, 2.45) is 4.99 Å². The summed E-state index contributed by atoms with van der Waals surface area (Å²) in [4.78, 5) is 35.4. The molecule has 2 rings (SSSR count). The number of nitrogen functional groups attached to an aromatic ring is 2. The normalized spacial score (nSPS) is 10.7. The van der Waals surface area contributed by atoms with Gasteiger partial charge < -0.3 is 26.8 Å². The number of nitrogens with two attached hydrogens (primary N) is 2. The van der Waals surface area contributed by atoms with Crippen LogP contribution in [0.15, 0.2) is 29.3 Å². The molecule has 0 bridgehead atoms. The van der Waals surface area contributed by atoms with Crippen molar-refractivity contribution in [1.29, 1.82) is 5.26 Å². The number of rotatable bonds is 7. The minimum atomic E-state index is -0.578. The number of hydrogen-bond acceptors (Lipinski definition) is 9. The molecular weight excluding hydrogens is 426 g/mol. The summed E-state index contributed by atoms with van der Waals surface area (Å²) in [7, 11) is 1.31. The van der Waals surface area contributed by atoms with Crippen LogP contribution in [-0.4, -0.2) is 48.0 Å². The van der Waals surface area contributed by atoms with E-state index in [0.717, 1.165) is 5.56 Å². The highest BCUT2D eigenvalue weighted by Crippen LogP contribution is 2.17. The van der Waals surface area contributed by atoms with Gasteiger partial charge in [0.1, 0.15) is 0 Å². The number of aliphatic imine (C=N–C) groups is 1. The Labute approximate surface area is 182 Å². The fourth-order valence-corrected chi connectivity index (χ4v) is 2.40. The van der Waals surface area contributed by atoms with Crippen LogP contribution in [0.1, 0.15) is 26.4 Å². The lowest BCUT2D eigenvalue weighted by Crippen LogP contribution is -2.40. The lowest BCUT2D eigenvalue weighted by atomic mass is 10.1. The smallest absolute Gasteiger partial charge is 0.337 e. The molecular formula is C18H20ClN9O3. The van der Waals surface area contributed by atoms with Crippen molar-refractivity contribution in [2.75, 3.05) is 31.7 Å². The Balaban J connectivity index is 1.88. The van der Waals surface area contributed by atoms with Crippen LogP contribution in [0, 0.1) is 11.5 Å². The molecule has 31 heavy (non-hydrogen) atoms. The zero-order valence-corrected chi connectivity index (χ0v) is 17.2. The highest BCUT2D eigenvalue weighted by molar-refractivity contribution is 6.31. The predicted octanol–water partition coefficient (Wildman–Crippen LogP) is 0.0273. The summed E-state index contributed by atoms with van der Waals surface area (Å²) in [6.45, 7) is 0.666. The number of nitrogens with zero attached hydrogens (tertiary/aromatic N) is 4. The highest BCUT2D eigenvalue weighted by atomic mass is 35.5. The van der Waals surface area contributed by atoms with E-state index in [2.05, 4.69) is 35.6 Å². The quantitative estimate of drug-likeness (QED) is 0.0968. The molecule has 0 unspecified atom stereocenters. The van der Waals surface area contributed by atoms with Gasteiger partial charge in [0, 0.05) is 13.1 Å². The Morgan fingerprint density at radius 1 is 1.16 bits per heavy atom. The Hall–Kier alpha value is -4.11. The minimum Gasteiger partial charge on any atom is -0.465 e. The van der Waals surface area contributed by atoms with Gasteiger partial charge in [-0.1, -0.05) is 23.7 Å². The molecule has 0 saturated carbocycles. The molecule has 162 valence electrons. The number of nitrogens with one attached hydrogen (secondary N) is 3. The van der Waals surface area contributed by atoms with Crippen molar-refractivity contribution in [3.8, 4) is 6.19 Å². The number of esters is 1. The van der Waals surface area contributed by atoms with Gasteiger partial charge in [0.2, 0.25) is 5.96 Å². The van der Waals surface area contributed by atoms with Crippen molar-refractivity contribution in [2.45, 2.75) is 6.54 Å². The third-order valence-corrected chi connectivity index (χ3v) is 4.07. The predicted molar refractivity (Wildman–Crippen MR) is 114 cm³/mol. The Bertz CT molecular complexity index is 1020. The summed E-state index contributed by atoms with van der Waals surface area (Å²) in [5.41, 5.74) is 12.2. The highest BCUT2D eigenvalue weighted by Gasteiger charge is 2.15. The maximum Gasteiger partial charge on any atom is 0.337 e. The molecule has 0 aliphatic rings. The zero-order valence-electron chi connectivity index (χ0n) is 16.5. The maximum atomic E-state index is 12.2. The van der Waals surface area contributed by atoms with Gasteiger partial charge in [0.25, 0.3) is 5.91 Å². The summed E-state index contributed by atoms with van der Waals surface area (Å²) in [6.07, 6.45) is 1.78. The molecule has 0 aliphatic heterocycles. The standard InChI is InChI=1S/C18H20ClN9O3/c1-31-17(30)11-4-2-10(3-5-11)8-25-18(26-9-20)24-7-6-23-16(29)12-14(21)28-15(22)13(19)27-12/h2-5H,6-8H2,1H3,(H,23,29)(H4,21,22,28)(H2,24,25,26). The molecule has 13 heteroatoms. The lowest BCUT2D eigenvalue weighted by Gasteiger charge is -2.10. The number of carbonyl (C=O) groups excluding carboxylic acids is 2. The molecule has 0 radical (unpaired) electrons. The number of benzene rings is 1. The number of hydrogen-bond donors (Lipinski definition) is 5. The van der Waals surface area contributed by atoms with Crippen LogP contribution >= 0.6 is 11.6 Å². The first-order valence-electron chi connectivity index (χ1n) is 8.83. The van der Waals surface area contributed by atoms with E-state index in [0.29, 0.717) is 5.56 Å². The largest absolute Gasteiger partial charge is 0.465 e. The van der Waals surface area contributed by atoms with E-state index in [-0.39, 0.29) is 48.1 Å². The van der Waals surface area contributed by atoms with Crippen molar-refractivity contribution >= 4 is 41.1 Å². The first kappa shape index (κ1) is 23.2. The zero-order chi connectivity index (χ0) is 22.8. The van der Waals surface area contributed by atoms with E-state index in [1.165, 1.54) is 7.11 Å². The Morgan fingerprint density at radius 3 is 2.48 bits per heavy atom. The number of guanidine groups is 1. The van der Waals surface area contributed by atoms with Gasteiger partial charge in [-0.15, -0.1) is 0 Å². The van der Waals surface area contributed by atoms with E-state index in [4.69, 9.17) is 28.3 Å². The van der Waals surface area contributed by atoms with Crippen LogP contribution in [-0.2, 0) is 11.3 Å². The molecule has 0 fully saturated rings. The fraction of sp³-hybridized carbons (Fsp3) is 0.222. The van der Waals surface area contributed by atoms with Crippen LogP contribution in [0.3, 0.4) is 0 Å². The van der Waals surface area contributed by atoms with Crippen LogP contribution in [0.4, 0.5) is 11.6 Å². The number of anilines is 2. The molecule has 0 aliphatic carbocycles. The molecule has 1 aromatic heterocycles. The summed E-state index contributed by atoms with van der Waals surface area (Å²) in [5.74, 6) is -1.01. The van der Waals surface area contributed by atoms with E-state index in [1.807, 2.05) is 0 Å². The number of halogens is 1. The number of methoxy groups -OCH3 is 1. The molecule has 12 nitrogen and oxygen atoms in total. The number of ether oxygens (including phenoxy) is 1. The van der Waals surface area contributed by atoms with Gasteiger partial charge in [-0.05, 0) is 17.7 Å². The van der Waals surface area contributed by atoms with Crippen LogP contribution in [0.2, 0.25) is 5.15 Å². The molecule has 0 saturated heterocycles. The first-order chi connectivity index (χ1) is 14.8. The average Bonchev–Trinajstić information content (AvgIpc) is 2.77. The second-order valence-electron chi connectivity index (χ2n) is 5.91. The van der Waals surface area contributed by atoms with Gasteiger partial charge in [-0.3, -0.25) is 10.1 Å². The minimum absolute atomic E-state index is 0.0687. The van der Waals surface area contributed by atoms with Crippen LogP contribution in [0.5, 0.6) is 0 Å². The van der Waals surface area contributed by atoms with Crippen molar-refractivity contribution in [3.05, 3.63) is 46.2 Å². The number of carbonyl (C=O) groups is 2. The summed E-state index contributed by atoms with van der Waals surface area (Å²) < 4.78 is 4.64. The van der Waals surface area contributed by atoms with Crippen molar-refractivity contribution in [3.63, 3.8) is 0 Å². The fourth-order valence-electron chi connectivity index (χ4n) is 2.28. The van der Waals surface area contributed by atoms with Crippen molar-refractivity contribution in [1.82, 2.24) is 25.9 Å². The Kier molecular flexibility index (Phi) is 8.35. The van der Waals surface area contributed by atoms with Gasteiger partial charge >= 0.3 is 5.97 Å². The lowest BCUT2D eigenvalue weighted by molar-refractivity contribution is 0.0600. The van der Waals surface area contributed by atoms with Gasteiger partial charge in [-0.2, -0.15) is 5.26 Å². The van der Waals surface area contributed by atoms with Crippen molar-refractivity contribution < 1.29 is 14.3 Å². The second kappa shape index (κ2) is 11.2. The van der Waals surface area contributed by atoms with Gasteiger partial charge in [-0.25, -0.2) is 19.8 Å². The second-order valence-corrected chi connectivity index (χ2v) is 6.26. The molecule has 0 atom stereocenters. The monoisotopic (exact) mass is 445 g/mol. The molecule has 1 amide bonds. The van der Waals surface area contributed by atoms with E-state index >= 15 is 0 Å². The van der Waals surface area contributed by atoms with E-state index in [1.54, 1.807) is 30.5 Å². The number of amides is 1. The molecule has 2 aromatic rings. The number of aromatic nitrogens is 2. The molecule has 1 aromatic carbocycles. The van der Waals surface area contributed by atoms with Gasteiger partial charge in [0.15, 0.2) is 28.7 Å². The molecule has 1 heterocycles. The number of nitriles is 1. The molecule has 0 spiro atoms. The summed E-state index contributed by atoms with van der Waals surface area (Å²) >= 11 is 5.76. The summed E-state index contributed by atoms with van der Waals surface area (Å²) in [6, 6.07) is 6.69. The molecule has 7 N–H and O–H groups in total. The third kappa shape index (κ3) is 6.72. The van der Waals surface area contributed by atoms with Crippen LogP contribution in [0.25, 0.3) is 0 Å². The first-order valence-corrected chi connectivity index (χ1v) is 9.20. The maximum absolute atomic E-state index is 12.2. The Morgan fingerprint density at radius 2 is 1.84 bits per heavy atom. The SMILES string of the molecule is COC(=O)c1ccc(CN=C(NC#N)NCCNC(=O)c2nc(Cl)c(N)nc2N)cc1. The van der Waals surface area contributed by atoms with E-state index < -0.39 is 11.9 Å². The topological polar surface area (TPSA) is 193 Å². The van der Waals surface area contributed by atoms with Crippen LogP contribution < -0.4 is 27.4 Å². The summed E-state index contributed by atoms with van der Waals surface area (Å²) in [5, 5.41) is 16.6. The average molecular weight is 446 g/mol. The van der Waals surface area contributed by atoms with E-state index in [9.17, 15) is 9.59 Å². The third-order valence-electron chi connectivity index (χ3n) is 3.79. The van der Waals surface area contributed by atoms with Gasteiger partial charge in [0.05, 0.1) is 19.2 Å².